The number of aliphatic hydroxyl groups is 1. The van der Waals surface area contributed by atoms with E-state index in [2.05, 4.69) is 6.92 Å². The molecule has 1 heterocycles. The maximum absolute atomic E-state index is 10.1. The third-order valence-electron chi connectivity index (χ3n) is 3.94. The van der Waals surface area contributed by atoms with E-state index in [-0.39, 0.29) is 12.1 Å². The third-order valence-corrected chi connectivity index (χ3v) is 3.94. The van der Waals surface area contributed by atoms with Crippen LogP contribution in [0.2, 0.25) is 0 Å². The van der Waals surface area contributed by atoms with Crippen LogP contribution in [0.5, 0.6) is 0 Å². The Labute approximate surface area is 78.2 Å². The minimum atomic E-state index is -1.26. The highest BCUT2D eigenvalue weighted by atomic mass is 16.6. The van der Waals surface area contributed by atoms with Crippen LogP contribution in [0.25, 0.3) is 0 Å². The van der Waals surface area contributed by atoms with E-state index in [0.717, 1.165) is 12.8 Å². The summed E-state index contributed by atoms with van der Waals surface area (Å²) in [5.74, 6) is 0.465. The van der Waals surface area contributed by atoms with Gasteiger partial charge >= 0.3 is 0 Å². The van der Waals surface area contributed by atoms with E-state index >= 15 is 0 Å². The molecule has 5 atom stereocenters. The summed E-state index contributed by atoms with van der Waals surface area (Å²) in [7, 11) is 0. The Morgan fingerprint density at radius 2 is 2.00 bits per heavy atom. The van der Waals surface area contributed by atoms with Crippen molar-refractivity contribution in [3.05, 3.63) is 0 Å². The first kappa shape index (κ1) is 9.40. The monoisotopic (exact) mass is 186 g/mol. The lowest BCUT2D eigenvalue weighted by Gasteiger charge is -2.43. The predicted molar refractivity (Wildman–Crippen MR) is 48.5 cm³/mol. The lowest BCUT2D eigenvalue weighted by atomic mass is 9.69. The third kappa shape index (κ3) is 1.00. The number of hydrogen-bond acceptors (Lipinski definition) is 4. The largest absolute Gasteiger partial charge is 0.373 e. The molecule has 1 aliphatic carbocycles. The highest BCUT2D eigenvalue weighted by Gasteiger charge is 2.69. The number of nitrogens with two attached hydrogens (primary N) is 2. The first-order valence-corrected chi connectivity index (χ1v) is 4.86. The maximum atomic E-state index is 10.1. The van der Waals surface area contributed by atoms with Crippen molar-refractivity contribution in [1.82, 2.24) is 0 Å². The van der Waals surface area contributed by atoms with Gasteiger partial charge in [0.1, 0.15) is 12.0 Å². The Kier molecular flexibility index (Phi) is 1.77. The second-order valence-electron chi connectivity index (χ2n) is 4.56. The standard InChI is InChI=1S/C9H18N2O2/c1-5-3-4-8(7(10)13-8)9(11,12)6(5)2/h5-7,12H,3-4,10-11H2,1-2H3/t5-,6-,7?,8+,9+/m1/s1. The Bertz CT molecular complexity index is 232. The second kappa shape index (κ2) is 2.45. The van der Waals surface area contributed by atoms with Crippen molar-refractivity contribution in [2.75, 3.05) is 0 Å². The molecule has 1 saturated carbocycles. The number of hydrogen-bond donors (Lipinski definition) is 3. The summed E-state index contributed by atoms with van der Waals surface area (Å²) in [5, 5.41) is 10.1. The van der Waals surface area contributed by atoms with Gasteiger partial charge in [0, 0.05) is 5.92 Å². The highest BCUT2D eigenvalue weighted by Crippen LogP contribution is 2.53. The Balaban J connectivity index is 2.25. The Hall–Kier alpha value is -0.160. The number of epoxide rings is 1. The molecule has 1 unspecified atom stereocenters. The first-order chi connectivity index (χ1) is 5.92. The van der Waals surface area contributed by atoms with Gasteiger partial charge in [-0.1, -0.05) is 13.8 Å². The zero-order chi connectivity index (χ0) is 9.85. The summed E-state index contributed by atoms with van der Waals surface area (Å²) in [6.07, 6.45) is 1.42. The molecule has 1 saturated heterocycles. The van der Waals surface area contributed by atoms with Gasteiger partial charge in [0.05, 0.1) is 0 Å². The quantitative estimate of drug-likeness (QED) is 0.360. The first-order valence-electron chi connectivity index (χ1n) is 4.86. The molecule has 2 rings (SSSR count). The summed E-state index contributed by atoms with van der Waals surface area (Å²) < 4.78 is 5.28. The van der Waals surface area contributed by atoms with Gasteiger partial charge in [-0.15, -0.1) is 0 Å². The lowest BCUT2D eigenvalue weighted by molar-refractivity contribution is -0.117. The zero-order valence-corrected chi connectivity index (χ0v) is 8.16. The summed E-state index contributed by atoms with van der Waals surface area (Å²) >= 11 is 0. The zero-order valence-electron chi connectivity index (χ0n) is 8.16. The Morgan fingerprint density at radius 3 is 2.46 bits per heavy atom. The number of rotatable bonds is 0. The molecule has 0 aromatic rings. The van der Waals surface area contributed by atoms with E-state index < -0.39 is 11.3 Å². The van der Waals surface area contributed by atoms with Gasteiger partial charge in [-0.2, -0.15) is 0 Å². The molecule has 5 N–H and O–H groups in total. The summed E-state index contributed by atoms with van der Waals surface area (Å²) in [4.78, 5) is 0. The molecule has 2 fully saturated rings. The molecule has 1 spiro atoms. The van der Waals surface area contributed by atoms with E-state index in [0.29, 0.717) is 5.92 Å². The predicted octanol–water partition coefficient (Wildman–Crippen LogP) is -0.246. The molecule has 4 heteroatoms. The minimum absolute atomic E-state index is 0.0369. The molecule has 0 amide bonds. The van der Waals surface area contributed by atoms with Crippen LogP contribution in [0.3, 0.4) is 0 Å². The Morgan fingerprint density at radius 1 is 1.46 bits per heavy atom. The van der Waals surface area contributed by atoms with Crippen LogP contribution in [0, 0.1) is 11.8 Å². The van der Waals surface area contributed by atoms with Crippen molar-refractivity contribution in [2.24, 2.45) is 23.3 Å². The van der Waals surface area contributed by atoms with Crippen molar-refractivity contribution in [2.45, 2.75) is 44.2 Å². The van der Waals surface area contributed by atoms with Gasteiger partial charge in [-0.05, 0) is 18.8 Å². The summed E-state index contributed by atoms with van der Waals surface area (Å²) in [6.45, 7) is 4.06. The average molecular weight is 186 g/mol. The number of ether oxygens (including phenoxy) is 1. The highest BCUT2D eigenvalue weighted by molar-refractivity contribution is 5.15. The van der Waals surface area contributed by atoms with E-state index in [1.807, 2.05) is 6.92 Å². The van der Waals surface area contributed by atoms with Gasteiger partial charge in [0.15, 0.2) is 5.60 Å². The fourth-order valence-corrected chi connectivity index (χ4v) is 2.43. The topological polar surface area (TPSA) is 84.8 Å². The molecule has 0 bridgehead atoms. The lowest BCUT2D eigenvalue weighted by Crippen LogP contribution is -2.63. The van der Waals surface area contributed by atoms with Crippen LogP contribution >= 0.6 is 0 Å². The van der Waals surface area contributed by atoms with Crippen molar-refractivity contribution < 1.29 is 9.84 Å². The molecule has 2 aliphatic rings. The molecule has 1 aliphatic heterocycles. The average Bonchev–Trinajstić information content (AvgIpc) is 2.70. The van der Waals surface area contributed by atoms with Crippen LogP contribution < -0.4 is 11.5 Å². The molecule has 4 nitrogen and oxygen atoms in total. The van der Waals surface area contributed by atoms with Crippen LogP contribution in [0.4, 0.5) is 0 Å². The normalized spacial score (nSPS) is 61.2. The molecular formula is C9H18N2O2. The van der Waals surface area contributed by atoms with E-state index in [1.54, 1.807) is 0 Å². The molecule has 0 aromatic carbocycles. The van der Waals surface area contributed by atoms with Gasteiger partial charge in [0.25, 0.3) is 0 Å². The summed E-state index contributed by atoms with van der Waals surface area (Å²) in [6, 6.07) is 0. The fraction of sp³-hybridized carbons (Fsp3) is 1.00. The van der Waals surface area contributed by atoms with Crippen LogP contribution in [0.15, 0.2) is 0 Å². The molecule has 13 heavy (non-hydrogen) atoms. The van der Waals surface area contributed by atoms with E-state index in [9.17, 15) is 5.11 Å². The SMILES string of the molecule is C[C@@H]1CC[C@@]2(OC2N)[C@@](N)(O)[C@@H]1C. The van der Waals surface area contributed by atoms with Crippen molar-refractivity contribution in [3.63, 3.8) is 0 Å². The van der Waals surface area contributed by atoms with Crippen LogP contribution in [-0.4, -0.2) is 22.7 Å². The molecule has 76 valence electrons. The van der Waals surface area contributed by atoms with E-state index in [1.165, 1.54) is 0 Å². The molecular weight excluding hydrogens is 168 g/mol. The van der Waals surface area contributed by atoms with Gasteiger partial charge in [-0.25, -0.2) is 0 Å². The smallest absolute Gasteiger partial charge is 0.151 e. The van der Waals surface area contributed by atoms with Crippen molar-refractivity contribution in [3.8, 4) is 0 Å². The second-order valence-corrected chi connectivity index (χ2v) is 4.56. The van der Waals surface area contributed by atoms with Crippen molar-refractivity contribution in [1.29, 1.82) is 0 Å². The van der Waals surface area contributed by atoms with E-state index in [4.69, 9.17) is 16.2 Å². The maximum Gasteiger partial charge on any atom is 0.151 e. The fourth-order valence-electron chi connectivity index (χ4n) is 2.43. The van der Waals surface area contributed by atoms with Gasteiger partial charge in [0.2, 0.25) is 0 Å². The molecule has 0 aromatic heterocycles. The van der Waals surface area contributed by atoms with Gasteiger partial charge in [-0.3, -0.25) is 0 Å². The van der Waals surface area contributed by atoms with Crippen LogP contribution in [0.1, 0.15) is 26.7 Å². The minimum Gasteiger partial charge on any atom is -0.373 e. The van der Waals surface area contributed by atoms with Crippen molar-refractivity contribution >= 4 is 0 Å². The molecule has 0 radical (unpaired) electrons. The van der Waals surface area contributed by atoms with Crippen LogP contribution in [-0.2, 0) is 4.74 Å². The van der Waals surface area contributed by atoms with Gasteiger partial charge < -0.3 is 21.3 Å². The summed E-state index contributed by atoms with van der Waals surface area (Å²) in [5.41, 5.74) is 9.63.